The van der Waals surface area contributed by atoms with Crippen molar-refractivity contribution in [3.8, 4) is 0 Å². The fourth-order valence-electron chi connectivity index (χ4n) is 3.41. The molecular weight excluding hydrogens is 278 g/mol. The van der Waals surface area contributed by atoms with Crippen molar-refractivity contribution in [1.82, 2.24) is 14.5 Å². The fraction of sp³-hybridized carbons (Fsp3) is 0.462. The van der Waals surface area contributed by atoms with Crippen LogP contribution in [0.4, 0.5) is 0 Å². The van der Waals surface area contributed by atoms with E-state index < -0.39 is 15.1 Å². The molecule has 20 heavy (non-hydrogen) atoms. The topological polar surface area (TPSA) is 81.9 Å². The Bertz CT molecular complexity index is 901. The first-order chi connectivity index (χ1) is 9.50. The van der Waals surface area contributed by atoms with Crippen LogP contribution in [0.2, 0.25) is 0 Å². The SMILES string of the molecule is Cc1cc(=O)n2c3nc(ncc13)S(=O)(=O)C1CCCC12. The number of pyridine rings is 1. The molecule has 0 radical (unpaired) electrons. The third-order valence-corrected chi connectivity index (χ3v) is 6.43. The van der Waals surface area contributed by atoms with E-state index in [1.54, 1.807) is 10.6 Å². The Hall–Kier alpha value is -1.76. The first-order valence-corrected chi connectivity index (χ1v) is 8.17. The highest BCUT2D eigenvalue weighted by Gasteiger charge is 2.44. The van der Waals surface area contributed by atoms with Gasteiger partial charge < -0.3 is 0 Å². The molecule has 0 N–H and O–H groups in total. The van der Waals surface area contributed by atoms with E-state index >= 15 is 0 Å². The molecule has 104 valence electrons. The van der Waals surface area contributed by atoms with Crippen LogP contribution >= 0.6 is 0 Å². The minimum Gasteiger partial charge on any atom is -0.288 e. The predicted octanol–water partition coefficient (Wildman–Crippen LogP) is 0.981. The molecular formula is C13H13N3O3S. The van der Waals surface area contributed by atoms with Crippen LogP contribution in [0.5, 0.6) is 0 Å². The summed E-state index contributed by atoms with van der Waals surface area (Å²) < 4.78 is 26.7. The van der Waals surface area contributed by atoms with Gasteiger partial charge in [-0.15, -0.1) is 0 Å². The molecule has 1 aliphatic carbocycles. The molecule has 0 amide bonds. The zero-order valence-electron chi connectivity index (χ0n) is 10.9. The molecule has 1 aliphatic heterocycles. The van der Waals surface area contributed by atoms with Gasteiger partial charge in [-0.05, 0) is 31.7 Å². The van der Waals surface area contributed by atoms with E-state index in [4.69, 9.17) is 0 Å². The molecule has 2 aromatic heterocycles. The predicted molar refractivity (Wildman–Crippen MR) is 72.4 cm³/mol. The Labute approximate surface area is 115 Å². The number of aryl methyl sites for hydroxylation is 1. The Kier molecular flexibility index (Phi) is 2.20. The van der Waals surface area contributed by atoms with Gasteiger partial charge in [-0.3, -0.25) is 9.36 Å². The van der Waals surface area contributed by atoms with Gasteiger partial charge in [0.2, 0.25) is 15.0 Å². The maximum atomic E-state index is 12.6. The third-order valence-electron chi connectivity index (χ3n) is 4.38. The second-order valence-electron chi connectivity index (χ2n) is 5.51. The van der Waals surface area contributed by atoms with E-state index in [-0.39, 0.29) is 16.8 Å². The Morgan fingerprint density at radius 1 is 1.35 bits per heavy atom. The standard InChI is InChI=1S/C13H13N3O3S/c1-7-5-11(17)16-9-3-2-4-10(9)20(18,19)13-14-6-8(7)12(16)15-13/h5-6,9-10H,2-4H2,1H3. The summed E-state index contributed by atoms with van der Waals surface area (Å²) >= 11 is 0. The lowest BCUT2D eigenvalue weighted by molar-refractivity contribution is 0.501. The fourth-order valence-corrected chi connectivity index (χ4v) is 5.25. The third kappa shape index (κ3) is 1.33. The summed E-state index contributed by atoms with van der Waals surface area (Å²) in [5, 5.41) is 0.0280. The zero-order valence-corrected chi connectivity index (χ0v) is 11.7. The van der Waals surface area contributed by atoms with Gasteiger partial charge in [0.15, 0.2) is 0 Å². The summed E-state index contributed by atoms with van der Waals surface area (Å²) in [5.74, 6) is 0. The molecule has 0 aromatic carbocycles. The number of hydrogen-bond acceptors (Lipinski definition) is 5. The van der Waals surface area contributed by atoms with Gasteiger partial charge in [0, 0.05) is 17.6 Å². The van der Waals surface area contributed by atoms with Gasteiger partial charge in [-0.1, -0.05) is 0 Å². The summed E-state index contributed by atoms with van der Waals surface area (Å²) in [7, 11) is -3.55. The van der Waals surface area contributed by atoms with Crippen molar-refractivity contribution in [3.63, 3.8) is 0 Å². The molecule has 2 aromatic rings. The quantitative estimate of drug-likeness (QED) is 0.676. The molecule has 1 saturated carbocycles. The van der Waals surface area contributed by atoms with Crippen LogP contribution in [0, 0.1) is 6.92 Å². The molecule has 6 nitrogen and oxygen atoms in total. The van der Waals surface area contributed by atoms with Crippen molar-refractivity contribution in [2.24, 2.45) is 0 Å². The van der Waals surface area contributed by atoms with Crippen LogP contribution < -0.4 is 5.56 Å². The summed E-state index contributed by atoms with van der Waals surface area (Å²) in [6.45, 7) is 1.82. The van der Waals surface area contributed by atoms with E-state index in [0.717, 1.165) is 17.4 Å². The average molecular weight is 291 g/mol. The van der Waals surface area contributed by atoms with E-state index in [1.807, 2.05) is 6.92 Å². The van der Waals surface area contributed by atoms with Crippen molar-refractivity contribution in [2.45, 2.75) is 42.6 Å². The molecule has 2 bridgehead atoms. The molecule has 2 unspecified atom stereocenters. The second kappa shape index (κ2) is 3.66. The normalized spacial score (nSPS) is 26.6. The van der Waals surface area contributed by atoms with Crippen LogP contribution in [0.1, 0.15) is 30.9 Å². The van der Waals surface area contributed by atoms with Crippen LogP contribution in [0.25, 0.3) is 11.0 Å². The minimum atomic E-state index is -3.55. The Morgan fingerprint density at radius 2 is 2.15 bits per heavy atom. The smallest absolute Gasteiger partial charge is 0.252 e. The van der Waals surface area contributed by atoms with Gasteiger partial charge in [0.1, 0.15) is 5.65 Å². The Balaban J connectivity index is 2.23. The highest BCUT2D eigenvalue weighted by Crippen LogP contribution is 2.39. The summed E-state index contributed by atoms with van der Waals surface area (Å²) in [6, 6.07) is 1.23. The molecule has 1 fully saturated rings. The van der Waals surface area contributed by atoms with Crippen molar-refractivity contribution in [1.29, 1.82) is 0 Å². The number of fused-ring (bicyclic) bond motifs is 3. The van der Waals surface area contributed by atoms with Crippen LogP contribution in [0.15, 0.2) is 22.2 Å². The largest absolute Gasteiger partial charge is 0.288 e. The molecule has 3 heterocycles. The van der Waals surface area contributed by atoms with Crippen molar-refractivity contribution in [3.05, 3.63) is 28.2 Å². The summed E-state index contributed by atoms with van der Waals surface area (Å²) in [4.78, 5) is 20.5. The van der Waals surface area contributed by atoms with Crippen molar-refractivity contribution >= 4 is 20.9 Å². The van der Waals surface area contributed by atoms with Gasteiger partial charge in [0.05, 0.1) is 11.3 Å². The molecule has 4 rings (SSSR count). The van der Waals surface area contributed by atoms with Crippen molar-refractivity contribution < 1.29 is 8.42 Å². The zero-order chi connectivity index (χ0) is 14.1. The van der Waals surface area contributed by atoms with Crippen molar-refractivity contribution in [2.75, 3.05) is 0 Å². The van der Waals surface area contributed by atoms with Crippen LogP contribution in [0.3, 0.4) is 0 Å². The molecule has 0 spiro atoms. The minimum absolute atomic E-state index is 0.141. The lowest BCUT2D eigenvalue weighted by Gasteiger charge is -2.19. The monoisotopic (exact) mass is 291 g/mol. The highest BCUT2D eigenvalue weighted by atomic mass is 32.2. The van der Waals surface area contributed by atoms with Crippen LogP contribution in [-0.2, 0) is 9.84 Å². The summed E-state index contributed by atoms with van der Waals surface area (Å²) in [5.41, 5.74) is 1.06. The molecule has 2 aliphatic rings. The molecule has 2 atom stereocenters. The first kappa shape index (κ1) is 12.0. The second-order valence-corrected chi connectivity index (χ2v) is 7.57. The average Bonchev–Trinajstić information content (AvgIpc) is 2.85. The Morgan fingerprint density at radius 3 is 2.95 bits per heavy atom. The van der Waals surface area contributed by atoms with E-state index in [2.05, 4.69) is 9.97 Å². The molecule has 0 saturated heterocycles. The number of aromatic nitrogens is 3. The van der Waals surface area contributed by atoms with E-state index in [0.29, 0.717) is 18.5 Å². The van der Waals surface area contributed by atoms with E-state index in [9.17, 15) is 13.2 Å². The van der Waals surface area contributed by atoms with Gasteiger partial charge in [-0.25, -0.2) is 13.4 Å². The van der Waals surface area contributed by atoms with Crippen LogP contribution in [-0.4, -0.2) is 28.2 Å². The van der Waals surface area contributed by atoms with Gasteiger partial charge >= 0.3 is 0 Å². The van der Waals surface area contributed by atoms with Gasteiger partial charge in [-0.2, -0.15) is 4.98 Å². The van der Waals surface area contributed by atoms with E-state index in [1.165, 1.54) is 6.20 Å². The highest BCUT2D eigenvalue weighted by molar-refractivity contribution is 7.91. The number of hydrogen-bond donors (Lipinski definition) is 0. The maximum Gasteiger partial charge on any atom is 0.252 e. The lowest BCUT2D eigenvalue weighted by Crippen LogP contribution is -2.32. The number of sulfone groups is 1. The number of nitrogens with zero attached hydrogens (tertiary/aromatic N) is 3. The van der Waals surface area contributed by atoms with Gasteiger partial charge in [0.25, 0.3) is 5.56 Å². The summed E-state index contributed by atoms with van der Waals surface area (Å²) in [6.07, 6.45) is 3.58. The lowest BCUT2D eigenvalue weighted by atomic mass is 10.1. The molecule has 7 heteroatoms. The number of rotatable bonds is 0. The first-order valence-electron chi connectivity index (χ1n) is 6.63. The maximum absolute atomic E-state index is 12.6.